The number of hydrogen-bond donors (Lipinski definition) is 1. The molecule has 1 N–H and O–H groups in total. The molecule has 5 heteroatoms. The fourth-order valence-corrected chi connectivity index (χ4v) is 4.97. The SMILES string of the molecule is O=C([C@@H]1C[C@@H]2CCCC[C@@H]2N1)N1CCN(C[C@H]2CCOC2)CC1. The summed E-state index contributed by atoms with van der Waals surface area (Å²) in [6.07, 6.45) is 7.55. The molecule has 4 rings (SSSR count). The van der Waals surface area contributed by atoms with Gasteiger partial charge in [-0.15, -0.1) is 0 Å². The molecular weight excluding hydrogens is 290 g/mol. The van der Waals surface area contributed by atoms with E-state index in [1.807, 2.05) is 0 Å². The van der Waals surface area contributed by atoms with Crippen molar-refractivity contribution < 1.29 is 9.53 Å². The summed E-state index contributed by atoms with van der Waals surface area (Å²) in [6, 6.07) is 0.708. The first-order chi connectivity index (χ1) is 11.3. The Hall–Kier alpha value is -0.650. The van der Waals surface area contributed by atoms with Crippen molar-refractivity contribution in [2.75, 3.05) is 45.9 Å². The molecule has 3 saturated heterocycles. The van der Waals surface area contributed by atoms with Gasteiger partial charge in [-0.25, -0.2) is 0 Å². The van der Waals surface area contributed by atoms with Crippen LogP contribution >= 0.6 is 0 Å². The molecule has 0 aromatic heterocycles. The second-order valence-corrected chi connectivity index (χ2v) is 7.96. The highest BCUT2D eigenvalue weighted by Gasteiger charge is 2.40. The fourth-order valence-electron chi connectivity index (χ4n) is 4.97. The van der Waals surface area contributed by atoms with E-state index in [9.17, 15) is 4.79 Å². The summed E-state index contributed by atoms with van der Waals surface area (Å²) in [5, 5.41) is 3.64. The Balaban J connectivity index is 1.24. The molecule has 0 unspecified atom stereocenters. The number of fused-ring (bicyclic) bond motifs is 1. The largest absolute Gasteiger partial charge is 0.381 e. The number of piperazine rings is 1. The van der Waals surface area contributed by atoms with Crippen LogP contribution in [-0.4, -0.2) is 73.7 Å². The molecule has 3 heterocycles. The number of hydrogen-bond acceptors (Lipinski definition) is 4. The maximum absolute atomic E-state index is 12.8. The second-order valence-electron chi connectivity index (χ2n) is 7.96. The zero-order chi connectivity index (χ0) is 15.6. The van der Waals surface area contributed by atoms with Crippen LogP contribution < -0.4 is 5.32 Å². The Morgan fingerprint density at radius 2 is 1.91 bits per heavy atom. The van der Waals surface area contributed by atoms with Crippen LogP contribution in [0.25, 0.3) is 0 Å². The normalized spacial score (nSPS) is 38.7. The quantitative estimate of drug-likeness (QED) is 0.845. The molecule has 0 spiro atoms. The van der Waals surface area contributed by atoms with Gasteiger partial charge in [0.05, 0.1) is 12.6 Å². The molecule has 4 aliphatic rings. The van der Waals surface area contributed by atoms with E-state index in [1.165, 1.54) is 32.1 Å². The average molecular weight is 321 g/mol. The molecule has 0 bridgehead atoms. The standard InChI is InChI=1S/C18H31N3O2/c22-18(17-11-15-3-1-2-4-16(15)19-17)21-8-6-20(7-9-21)12-14-5-10-23-13-14/h14-17,19H,1-13H2/t14-,15+,16+,17+/m1/s1. The van der Waals surface area contributed by atoms with E-state index in [4.69, 9.17) is 4.74 Å². The van der Waals surface area contributed by atoms with Crippen molar-refractivity contribution in [3.8, 4) is 0 Å². The van der Waals surface area contributed by atoms with E-state index < -0.39 is 0 Å². The van der Waals surface area contributed by atoms with Gasteiger partial charge in [0.15, 0.2) is 0 Å². The third-order valence-corrected chi connectivity index (χ3v) is 6.39. The van der Waals surface area contributed by atoms with Gasteiger partial charge in [-0.05, 0) is 37.5 Å². The van der Waals surface area contributed by atoms with Crippen molar-refractivity contribution in [1.29, 1.82) is 0 Å². The van der Waals surface area contributed by atoms with Crippen molar-refractivity contribution in [3.05, 3.63) is 0 Å². The van der Waals surface area contributed by atoms with Crippen LogP contribution in [0.5, 0.6) is 0 Å². The van der Waals surface area contributed by atoms with Crippen molar-refractivity contribution in [3.63, 3.8) is 0 Å². The highest BCUT2D eigenvalue weighted by molar-refractivity contribution is 5.82. The molecule has 1 amide bonds. The van der Waals surface area contributed by atoms with Crippen LogP contribution in [-0.2, 0) is 9.53 Å². The maximum Gasteiger partial charge on any atom is 0.239 e. The van der Waals surface area contributed by atoms with Gasteiger partial charge in [-0.1, -0.05) is 12.8 Å². The topological polar surface area (TPSA) is 44.8 Å². The molecule has 4 fully saturated rings. The summed E-state index contributed by atoms with van der Waals surface area (Å²) >= 11 is 0. The van der Waals surface area contributed by atoms with Crippen molar-refractivity contribution in [1.82, 2.24) is 15.1 Å². The summed E-state index contributed by atoms with van der Waals surface area (Å²) in [7, 11) is 0. The first-order valence-corrected chi connectivity index (χ1v) is 9.64. The molecule has 1 saturated carbocycles. The van der Waals surface area contributed by atoms with E-state index in [0.29, 0.717) is 17.9 Å². The second kappa shape index (κ2) is 7.08. The fraction of sp³-hybridized carbons (Fsp3) is 0.944. The van der Waals surface area contributed by atoms with Gasteiger partial charge in [0.2, 0.25) is 5.91 Å². The number of nitrogens with zero attached hydrogens (tertiary/aromatic N) is 2. The van der Waals surface area contributed by atoms with Crippen LogP contribution in [0.15, 0.2) is 0 Å². The van der Waals surface area contributed by atoms with Gasteiger partial charge in [0.1, 0.15) is 0 Å². The van der Waals surface area contributed by atoms with Gasteiger partial charge in [0.25, 0.3) is 0 Å². The van der Waals surface area contributed by atoms with Crippen molar-refractivity contribution in [2.24, 2.45) is 11.8 Å². The Kier molecular flexibility index (Phi) is 4.88. The maximum atomic E-state index is 12.8. The van der Waals surface area contributed by atoms with Crippen LogP contribution in [0.2, 0.25) is 0 Å². The minimum atomic E-state index is 0.0953. The zero-order valence-corrected chi connectivity index (χ0v) is 14.2. The first-order valence-electron chi connectivity index (χ1n) is 9.64. The summed E-state index contributed by atoms with van der Waals surface area (Å²) in [4.78, 5) is 17.4. The number of nitrogens with one attached hydrogen (secondary N) is 1. The highest BCUT2D eigenvalue weighted by atomic mass is 16.5. The lowest BCUT2D eigenvalue weighted by Crippen LogP contribution is -2.54. The van der Waals surface area contributed by atoms with Crippen molar-refractivity contribution >= 4 is 5.91 Å². The lowest BCUT2D eigenvalue weighted by atomic mass is 9.85. The third-order valence-electron chi connectivity index (χ3n) is 6.39. The molecular formula is C18H31N3O2. The number of rotatable bonds is 3. The third kappa shape index (κ3) is 3.57. The lowest BCUT2D eigenvalue weighted by molar-refractivity contribution is -0.135. The summed E-state index contributed by atoms with van der Waals surface area (Å²) in [5.74, 6) is 1.82. The number of ether oxygens (including phenoxy) is 1. The van der Waals surface area contributed by atoms with Crippen LogP contribution in [0.1, 0.15) is 38.5 Å². The van der Waals surface area contributed by atoms with Gasteiger partial charge < -0.3 is 15.0 Å². The molecule has 3 aliphatic heterocycles. The van der Waals surface area contributed by atoms with Crippen LogP contribution in [0.3, 0.4) is 0 Å². The van der Waals surface area contributed by atoms with E-state index in [1.54, 1.807) is 0 Å². The molecule has 0 aromatic carbocycles. The Labute approximate surface area is 139 Å². The zero-order valence-electron chi connectivity index (χ0n) is 14.2. The monoisotopic (exact) mass is 321 g/mol. The summed E-state index contributed by atoms with van der Waals surface area (Å²) in [5.41, 5.74) is 0. The van der Waals surface area contributed by atoms with E-state index in [-0.39, 0.29) is 6.04 Å². The predicted molar refractivity (Wildman–Crippen MR) is 89.2 cm³/mol. The summed E-state index contributed by atoms with van der Waals surface area (Å²) < 4.78 is 5.47. The molecule has 1 aliphatic carbocycles. The van der Waals surface area contributed by atoms with E-state index >= 15 is 0 Å². The summed E-state index contributed by atoms with van der Waals surface area (Å²) in [6.45, 7) is 6.87. The Bertz CT molecular complexity index is 402. The van der Waals surface area contributed by atoms with E-state index in [0.717, 1.165) is 58.3 Å². The minimum Gasteiger partial charge on any atom is -0.381 e. The van der Waals surface area contributed by atoms with Crippen LogP contribution in [0.4, 0.5) is 0 Å². The highest BCUT2D eigenvalue weighted by Crippen LogP contribution is 2.33. The molecule has 23 heavy (non-hydrogen) atoms. The molecule has 0 aromatic rings. The first kappa shape index (κ1) is 15.9. The molecule has 5 nitrogen and oxygen atoms in total. The Morgan fingerprint density at radius 1 is 1.09 bits per heavy atom. The molecule has 0 radical (unpaired) electrons. The molecule has 130 valence electrons. The van der Waals surface area contributed by atoms with Gasteiger partial charge >= 0.3 is 0 Å². The van der Waals surface area contributed by atoms with Gasteiger partial charge in [-0.2, -0.15) is 0 Å². The lowest BCUT2D eigenvalue weighted by Gasteiger charge is -2.36. The van der Waals surface area contributed by atoms with Gasteiger partial charge in [0, 0.05) is 45.4 Å². The average Bonchev–Trinajstić information content (AvgIpc) is 3.24. The van der Waals surface area contributed by atoms with Crippen molar-refractivity contribution in [2.45, 2.75) is 50.6 Å². The Morgan fingerprint density at radius 3 is 2.65 bits per heavy atom. The smallest absolute Gasteiger partial charge is 0.239 e. The predicted octanol–water partition coefficient (Wildman–Crippen LogP) is 1.09. The van der Waals surface area contributed by atoms with Crippen LogP contribution in [0, 0.1) is 11.8 Å². The number of carbonyl (C=O) groups excluding carboxylic acids is 1. The number of carbonyl (C=O) groups is 1. The minimum absolute atomic E-state index is 0.0953. The number of amides is 1. The van der Waals surface area contributed by atoms with E-state index in [2.05, 4.69) is 15.1 Å². The molecule has 4 atom stereocenters. The van der Waals surface area contributed by atoms with Gasteiger partial charge in [-0.3, -0.25) is 9.69 Å².